The number of rotatable bonds is 1. The minimum atomic E-state index is -1.24. The summed E-state index contributed by atoms with van der Waals surface area (Å²) in [5, 5.41) is 19.0. The molecule has 14 heavy (non-hydrogen) atoms. The van der Waals surface area contributed by atoms with Crippen LogP contribution >= 0.6 is 0 Å². The molecule has 0 fully saturated rings. The molecule has 0 radical (unpaired) electrons. The van der Waals surface area contributed by atoms with Crippen molar-refractivity contribution in [3.8, 4) is 5.75 Å². The molecule has 1 unspecified atom stereocenters. The fraction of sp³-hybridized carbons (Fsp3) is 0.364. The fourth-order valence-corrected chi connectivity index (χ4v) is 1.89. The minimum absolute atomic E-state index is 0.180. The van der Waals surface area contributed by atoms with Crippen molar-refractivity contribution in [2.24, 2.45) is 0 Å². The van der Waals surface area contributed by atoms with E-state index in [1.54, 1.807) is 12.1 Å². The maximum Gasteiger partial charge on any atom is 0.151 e. The van der Waals surface area contributed by atoms with Crippen LogP contribution in [0.2, 0.25) is 0 Å². The van der Waals surface area contributed by atoms with E-state index in [0.29, 0.717) is 25.5 Å². The fourth-order valence-electron chi connectivity index (χ4n) is 1.89. The van der Waals surface area contributed by atoms with Gasteiger partial charge in [0, 0.05) is 6.42 Å². The molecule has 0 spiro atoms. The number of hydrogen-bond acceptors (Lipinski definition) is 3. The van der Waals surface area contributed by atoms with Crippen LogP contribution in [0.1, 0.15) is 17.5 Å². The minimum Gasteiger partial charge on any atom is -0.508 e. The maximum absolute atomic E-state index is 10.7. The SMILES string of the molecule is O=CC1(O)CCc2ccc(O)cc2C1. The van der Waals surface area contributed by atoms with Crippen molar-refractivity contribution < 1.29 is 15.0 Å². The molecular formula is C11H12O3. The zero-order valence-electron chi connectivity index (χ0n) is 7.73. The molecule has 1 aliphatic carbocycles. The van der Waals surface area contributed by atoms with Crippen LogP contribution in [0.15, 0.2) is 18.2 Å². The van der Waals surface area contributed by atoms with E-state index in [9.17, 15) is 15.0 Å². The summed E-state index contributed by atoms with van der Waals surface area (Å²) in [6, 6.07) is 5.09. The van der Waals surface area contributed by atoms with E-state index in [4.69, 9.17) is 0 Å². The third-order valence-electron chi connectivity index (χ3n) is 2.73. The molecule has 1 aromatic carbocycles. The Morgan fingerprint density at radius 3 is 2.86 bits per heavy atom. The largest absolute Gasteiger partial charge is 0.508 e. The molecule has 3 heteroatoms. The van der Waals surface area contributed by atoms with Crippen molar-refractivity contribution >= 4 is 6.29 Å². The van der Waals surface area contributed by atoms with E-state index < -0.39 is 5.60 Å². The Morgan fingerprint density at radius 2 is 2.14 bits per heavy atom. The Kier molecular flexibility index (Phi) is 2.04. The number of benzene rings is 1. The molecule has 0 amide bonds. The highest BCUT2D eigenvalue weighted by atomic mass is 16.3. The first-order chi connectivity index (χ1) is 6.63. The standard InChI is InChI=1S/C11H12O3/c12-7-11(14)4-3-8-1-2-10(13)5-9(8)6-11/h1-2,5,7,13-14H,3-4,6H2. The number of hydrogen-bond donors (Lipinski definition) is 2. The maximum atomic E-state index is 10.7. The van der Waals surface area contributed by atoms with Gasteiger partial charge in [-0.15, -0.1) is 0 Å². The predicted molar refractivity (Wildman–Crippen MR) is 51.1 cm³/mol. The van der Waals surface area contributed by atoms with Gasteiger partial charge < -0.3 is 15.0 Å². The summed E-state index contributed by atoms with van der Waals surface area (Å²) in [7, 11) is 0. The van der Waals surface area contributed by atoms with Gasteiger partial charge in [0.2, 0.25) is 0 Å². The summed E-state index contributed by atoms with van der Waals surface area (Å²) in [4.78, 5) is 10.7. The molecular weight excluding hydrogens is 180 g/mol. The number of fused-ring (bicyclic) bond motifs is 1. The summed E-state index contributed by atoms with van der Waals surface area (Å²) in [6.07, 6.45) is 2.05. The summed E-state index contributed by atoms with van der Waals surface area (Å²) in [5.74, 6) is 0.180. The number of aromatic hydroxyl groups is 1. The predicted octanol–water partition coefficient (Wildman–Crippen LogP) is 0.811. The van der Waals surface area contributed by atoms with Crippen molar-refractivity contribution in [1.29, 1.82) is 0 Å². The first-order valence-electron chi connectivity index (χ1n) is 4.62. The van der Waals surface area contributed by atoms with E-state index in [-0.39, 0.29) is 5.75 Å². The number of aryl methyl sites for hydroxylation is 1. The zero-order valence-corrected chi connectivity index (χ0v) is 7.73. The number of aldehydes is 1. The summed E-state index contributed by atoms with van der Waals surface area (Å²) >= 11 is 0. The van der Waals surface area contributed by atoms with E-state index in [1.807, 2.05) is 6.07 Å². The van der Waals surface area contributed by atoms with Gasteiger partial charge in [0.1, 0.15) is 11.4 Å². The van der Waals surface area contributed by atoms with Crippen LogP contribution in [0.25, 0.3) is 0 Å². The van der Waals surface area contributed by atoms with Crippen LogP contribution < -0.4 is 0 Å². The lowest BCUT2D eigenvalue weighted by Crippen LogP contribution is -2.37. The van der Waals surface area contributed by atoms with E-state index >= 15 is 0 Å². The monoisotopic (exact) mass is 192 g/mol. The first-order valence-corrected chi connectivity index (χ1v) is 4.62. The normalized spacial score (nSPS) is 25.5. The summed E-state index contributed by atoms with van der Waals surface area (Å²) in [6.45, 7) is 0. The lowest BCUT2D eigenvalue weighted by Gasteiger charge is -2.28. The van der Waals surface area contributed by atoms with Crippen LogP contribution in [0.3, 0.4) is 0 Å². The highest BCUT2D eigenvalue weighted by Crippen LogP contribution is 2.29. The average Bonchev–Trinajstić information content (AvgIpc) is 2.17. The van der Waals surface area contributed by atoms with E-state index in [2.05, 4.69) is 0 Å². The van der Waals surface area contributed by atoms with Gasteiger partial charge in [0.05, 0.1) is 0 Å². The van der Waals surface area contributed by atoms with Gasteiger partial charge >= 0.3 is 0 Å². The Hall–Kier alpha value is -1.35. The van der Waals surface area contributed by atoms with Crippen molar-refractivity contribution in [3.63, 3.8) is 0 Å². The highest BCUT2D eigenvalue weighted by Gasteiger charge is 2.31. The Bertz CT molecular complexity index is 373. The van der Waals surface area contributed by atoms with Crippen molar-refractivity contribution in [2.75, 3.05) is 0 Å². The lowest BCUT2D eigenvalue weighted by molar-refractivity contribution is -0.125. The van der Waals surface area contributed by atoms with Gasteiger partial charge in [-0.05, 0) is 36.1 Å². The Balaban J connectivity index is 2.38. The highest BCUT2D eigenvalue weighted by molar-refractivity contribution is 5.64. The summed E-state index contributed by atoms with van der Waals surface area (Å²) < 4.78 is 0. The molecule has 3 nitrogen and oxygen atoms in total. The van der Waals surface area contributed by atoms with Crippen LogP contribution in [-0.2, 0) is 17.6 Å². The molecule has 1 aliphatic rings. The molecule has 0 aliphatic heterocycles. The second-order valence-electron chi connectivity index (χ2n) is 3.85. The van der Waals surface area contributed by atoms with E-state index in [1.165, 1.54) is 0 Å². The number of phenols is 1. The molecule has 74 valence electrons. The van der Waals surface area contributed by atoms with Crippen LogP contribution in [0, 0.1) is 0 Å². The van der Waals surface area contributed by atoms with Crippen molar-refractivity contribution in [2.45, 2.75) is 24.9 Å². The van der Waals surface area contributed by atoms with Crippen molar-refractivity contribution in [1.82, 2.24) is 0 Å². The zero-order chi connectivity index (χ0) is 10.2. The molecule has 0 saturated heterocycles. The Morgan fingerprint density at radius 1 is 1.36 bits per heavy atom. The summed E-state index contributed by atoms with van der Waals surface area (Å²) in [5.41, 5.74) is 0.737. The quantitative estimate of drug-likeness (QED) is 0.647. The van der Waals surface area contributed by atoms with E-state index in [0.717, 1.165) is 11.1 Å². The van der Waals surface area contributed by atoms with Gasteiger partial charge in [0.25, 0.3) is 0 Å². The van der Waals surface area contributed by atoms with Crippen LogP contribution in [0.4, 0.5) is 0 Å². The molecule has 1 aromatic rings. The van der Waals surface area contributed by atoms with Gasteiger partial charge in [0.15, 0.2) is 6.29 Å². The van der Waals surface area contributed by atoms with Crippen LogP contribution in [0.5, 0.6) is 5.75 Å². The molecule has 2 N–H and O–H groups in total. The molecule has 2 rings (SSSR count). The second kappa shape index (κ2) is 3.10. The molecule has 0 saturated carbocycles. The first kappa shape index (κ1) is 9.21. The third kappa shape index (κ3) is 1.51. The van der Waals surface area contributed by atoms with Gasteiger partial charge in [-0.2, -0.15) is 0 Å². The average molecular weight is 192 g/mol. The molecule has 0 aromatic heterocycles. The molecule has 1 atom stereocenters. The number of aliphatic hydroxyl groups is 1. The van der Waals surface area contributed by atoms with Crippen LogP contribution in [-0.4, -0.2) is 22.1 Å². The lowest BCUT2D eigenvalue weighted by atomic mass is 9.81. The number of phenolic OH excluding ortho intramolecular Hbond substituents is 1. The second-order valence-corrected chi connectivity index (χ2v) is 3.85. The van der Waals surface area contributed by atoms with Gasteiger partial charge in [-0.3, -0.25) is 0 Å². The molecule has 0 heterocycles. The molecule has 0 bridgehead atoms. The van der Waals surface area contributed by atoms with Gasteiger partial charge in [-0.25, -0.2) is 0 Å². The number of carbonyl (C=O) groups excluding carboxylic acids is 1. The smallest absolute Gasteiger partial charge is 0.151 e. The number of carbonyl (C=O) groups is 1. The Labute approximate surface area is 82.0 Å². The topological polar surface area (TPSA) is 57.5 Å². The van der Waals surface area contributed by atoms with Gasteiger partial charge in [-0.1, -0.05) is 6.07 Å². The van der Waals surface area contributed by atoms with Crippen molar-refractivity contribution in [3.05, 3.63) is 29.3 Å². The third-order valence-corrected chi connectivity index (χ3v) is 2.73.